The van der Waals surface area contributed by atoms with Crippen molar-refractivity contribution in [1.29, 1.82) is 0 Å². The second-order valence-corrected chi connectivity index (χ2v) is 5.71. The van der Waals surface area contributed by atoms with Crippen molar-refractivity contribution >= 4 is 11.9 Å². The molecule has 6 nitrogen and oxygen atoms in total. The number of carboxylic acid groups (broad SMARTS) is 1. The maximum atomic E-state index is 11.5. The van der Waals surface area contributed by atoms with E-state index in [4.69, 9.17) is 4.74 Å². The van der Waals surface area contributed by atoms with E-state index in [1.165, 1.54) is 0 Å². The van der Waals surface area contributed by atoms with E-state index >= 15 is 0 Å². The maximum Gasteiger partial charge on any atom is 0.326 e. The number of hydrogen-bond acceptors (Lipinski definition) is 5. The van der Waals surface area contributed by atoms with Crippen molar-refractivity contribution < 1.29 is 14.6 Å². The number of carbonyl (C=O) groups is 1. The van der Waals surface area contributed by atoms with E-state index in [1.807, 2.05) is 20.8 Å². The van der Waals surface area contributed by atoms with E-state index in [9.17, 15) is 9.90 Å². The summed E-state index contributed by atoms with van der Waals surface area (Å²) < 4.78 is 5.63. The van der Waals surface area contributed by atoms with Crippen molar-refractivity contribution in [2.75, 3.05) is 11.4 Å². The molecule has 1 fully saturated rings. The summed E-state index contributed by atoms with van der Waals surface area (Å²) in [4.78, 5) is 22.1. The third kappa shape index (κ3) is 4.06. The molecule has 2 rings (SSSR count). The van der Waals surface area contributed by atoms with Crippen LogP contribution >= 0.6 is 0 Å². The Morgan fingerprint density at radius 1 is 1.38 bits per heavy atom. The van der Waals surface area contributed by atoms with Gasteiger partial charge in [0, 0.05) is 18.3 Å². The standard InChI is InChI=1S/C15H23N3O3/c1-10(2)21-13-9-11(3)16-15(17-13)18-8-6-4-5-7-12(18)14(19)20/h9-10,12H,4-8H2,1-3H3,(H,19,20). The fourth-order valence-electron chi connectivity index (χ4n) is 2.56. The molecule has 1 aliphatic heterocycles. The third-order valence-corrected chi connectivity index (χ3v) is 3.47. The number of nitrogens with zero attached hydrogens (tertiary/aromatic N) is 3. The maximum absolute atomic E-state index is 11.5. The van der Waals surface area contributed by atoms with Crippen LogP contribution in [0.3, 0.4) is 0 Å². The predicted octanol–water partition coefficient (Wildman–Crippen LogP) is 2.41. The van der Waals surface area contributed by atoms with Crippen molar-refractivity contribution in [3.05, 3.63) is 11.8 Å². The quantitative estimate of drug-likeness (QED) is 0.918. The van der Waals surface area contributed by atoms with Crippen LogP contribution in [0.1, 0.15) is 45.2 Å². The molecule has 116 valence electrons. The normalized spacial score (nSPS) is 19.4. The molecule has 0 spiro atoms. The second kappa shape index (κ2) is 6.74. The molecule has 1 aromatic heterocycles. The van der Waals surface area contributed by atoms with Gasteiger partial charge in [-0.3, -0.25) is 0 Å². The number of aliphatic carboxylic acids is 1. The Bertz CT molecular complexity index is 505. The predicted molar refractivity (Wildman–Crippen MR) is 79.8 cm³/mol. The minimum Gasteiger partial charge on any atom is -0.480 e. The molecule has 21 heavy (non-hydrogen) atoms. The van der Waals surface area contributed by atoms with Gasteiger partial charge in [-0.05, 0) is 33.6 Å². The summed E-state index contributed by atoms with van der Waals surface area (Å²) >= 11 is 0. The molecule has 6 heteroatoms. The number of aryl methyl sites for hydroxylation is 1. The highest BCUT2D eigenvalue weighted by atomic mass is 16.5. The van der Waals surface area contributed by atoms with E-state index in [1.54, 1.807) is 11.0 Å². The summed E-state index contributed by atoms with van der Waals surface area (Å²) in [6.07, 6.45) is 3.58. The van der Waals surface area contributed by atoms with Crippen LogP contribution in [0.15, 0.2) is 6.07 Å². The number of aromatic nitrogens is 2. The van der Waals surface area contributed by atoms with Gasteiger partial charge in [-0.2, -0.15) is 4.98 Å². The number of anilines is 1. The van der Waals surface area contributed by atoms with E-state index in [-0.39, 0.29) is 6.10 Å². The van der Waals surface area contributed by atoms with Crippen molar-refractivity contribution in [2.45, 2.75) is 58.6 Å². The van der Waals surface area contributed by atoms with Gasteiger partial charge in [0.2, 0.25) is 11.8 Å². The molecule has 1 aliphatic rings. The Kier molecular flexibility index (Phi) is 4.98. The van der Waals surface area contributed by atoms with Crippen LogP contribution < -0.4 is 9.64 Å². The Balaban J connectivity index is 2.32. The zero-order valence-electron chi connectivity index (χ0n) is 12.9. The topological polar surface area (TPSA) is 75.5 Å². The van der Waals surface area contributed by atoms with Crippen LogP contribution in [0.2, 0.25) is 0 Å². The lowest BCUT2D eigenvalue weighted by Gasteiger charge is -2.27. The molecular formula is C15H23N3O3. The first-order valence-corrected chi connectivity index (χ1v) is 7.49. The third-order valence-electron chi connectivity index (χ3n) is 3.47. The minimum atomic E-state index is -0.812. The van der Waals surface area contributed by atoms with Crippen molar-refractivity contribution in [2.24, 2.45) is 0 Å². The van der Waals surface area contributed by atoms with Crippen LogP contribution in [-0.2, 0) is 4.79 Å². The molecule has 0 aromatic carbocycles. The molecule has 0 radical (unpaired) electrons. The van der Waals surface area contributed by atoms with Crippen LogP contribution in [-0.4, -0.2) is 39.7 Å². The van der Waals surface area contributed by atoms with Crippen LogP contribution in [0.5, 0.6) is 5.88 Å². The molecule has 0 amide bonds. The lowest BCUT2D eigenvalue weighted by molar-refractivity contribution is -0.138. The number of ether oxygens (including phenoxy) is 1. The van der Waals surface area contributed by atoms with Gasteiger partial charge in [0.05, 0.1) is 6.10 Å². The molecule has 1 aromatic rings. The first kappa shape index (κ1) is 15.5. The van der Waals surface area contributed by atoms with E-state index in [0.717, 1.165) is 25.0 Å². The fourth-order valence-corrected chi connectivity index (χ4v) is 2.56. The molecule has 0 aliphatic carbocycles. The summed E-state index contributed by atoms with van der Waals surface area (Å²) in [5, 5.41) is 9.45. The zero-order valence-corrected chi connectivity index (χ0v) is 12.9. The summed E-state index contributed by atoms with van der Waals surface area (Å²) in [5.41, 5.74) is 0.782. The number of rotatable bonds is 4. The molecular weight excluding hydrogens is 270 g/mol. The van der Waals surface area contributed by atoms with Gasteiger partial charge in [0.25, 0.3) is 0 Å². The molecule has 1 atom stereocenters. The highest BCUT2D eigenvalue weighted by Gasteiger charge is 2.29. The monoisotopic (exact) mass is 293 g/mol. The van der Waals surface area contributed by atoms with Gasteiger partial charge >= 0.3 is 5.97 Å². The summed E-state index contributed by atoms with van der Waals surface area (Å²) in [7, 11) is 0. The molecule has 1 unspecified atom stereocenters. The fraction of sp³-hybridized carbons (Fsp3) is 0.667. The van der Waals surface area contributed by atoms with Crippen molar-refractivity contribution in [3.63, 3.8) is 0 Å². The van der Waals surface area contributed by atoms with Gasteiger partial charge < -0.3 is 14.7 Å². The highest BCUT2D eigenvalue weighted by Crippen LogP contribution is 2.24. The molecule has 2 heterocycles. The molecule has 0 bridgehead atoms. The second-order valence-electron chi connectivity index (χ2n) is 5.71. The number of hydrogen-bond donors (Lipinski definition) is 1. The Morgan fingerprint density at radius 2 is 2.14 bits per heavy atom. The SMILES string of the molecule is Cc1cc(OC(C)C)nc(N2CCCCCC2C(=O)O)n1. The molecule has 0 saturated carbocycles. The van der Waals surface area contributed by atoms with Crippen molar-refractivity contribution in [3.8, 4) is 5.88 Å². The van der Waals surface area contributed by atoms with E-state index in [0.29, 0.717) is 24.8 Å². The van der Waals surface area contributed by atoms with Gasteiger partial charge in [-0.1, -0.05) is 12.8 Å². The average Bonchev–Trinajstić information content (AvgIpc) is 2.62. The zero-order chi connectivity index (χ0) is 15.4. The minimum absolute atomic E-state index is 0.0200. The summed E-state index contributed by atoms with van der Waals surface area (Å²) in [6.45, 7) is 6.40. The summed E-state index contributed by atoms with van der Waals surface area (Å²) in [6, 6.07) is 1.22. The first-order valence-electron chi connectivity index (χ1n) is 7.49. The van der Waals surface area contributed by atoms with Gasteiger partial charge in [-0.15, -0.1) is 0 Å². The van der Waals surface area contributed by atoms with Crippen LogP contribution in [0.4, 0.5) is 5.95 Å². The van der Waals surface area contributed by atoms with Crippen molar-refractivity contribution in [1.82, 2.24) is 9.97 Å². The van der Waals surface area contributed by atoms with Crippen LogP contribution in [0.25, 0.3) is 0 Å². The Morgan fingerprint density at radius 3 is 2.81 bits per heavy atom. The first-order chi connectivity index (χ1) is 9.97. The van der Waals surface area contributed by atoms with Crippen LogP contribution in [0, 0.1) is 6.92 Å². The Labute approximate surface area is 125 Å². The lowest BCUT2D eigenvalue weighted by atomic mass is 10.1. The molecule has 1 N–H and O–H groups in total. The number of carboxylic acids is 1. The van der Waals surface area contributed by atoms with E-state index < -0.39 is 12.0 Å². The van der Waals surface area contributed by atoms with E-state index in [2.05, 4.69) is 9.97 Å². The average molecular weight is 293 g/mol. The smallest absolute Gasteiger partial charge is 0.326 e. The van der Waals surface area contributed by atoms with Gasteiger partial charge in [0.1, 0.15) is 6.04 Å². The van der Waals surface area contributed by atoms with Gasteiger partial charge in [0.15, 0.2) is 0 Å². The Hall–Kier alpha value is -1.85. The largest absolute Gasteiger partial charge is 0.480 e. The highest BCUT2D eigenvalue weighted by molar-refractivity contribution is 5.77. The lowest BCUT2D eigenvalue weighted by Crippen LogP contribution is -2.42. The molecule has 1 saturated heterocycles. The summed E-state index contributed by atoms with van der Waals surface area (Å²) in [5.74, 6) is 0.147. The van der Waals surface area contributed by atoms with Gasteiger partial charge in [-0.25, -0.2) is 9.78 Å².